The minimum absolute atomic E-state index is 0.733. The standard InChI is InChI=1S/C15H21N3O/c1-10-6-7-13(8-15(10)18(4)5)16-9-14-11(2)17-19-12(14)3/h6-8,16H,9H2,1-5H3. The second kappa shape index (κ2) is 5.34. The van der Waals surface area contributed by atoms with Crippen molar-refractivity contribution in [1.29, 1.82) is 0 Å². The maximum atomic E-state index is 5.17. The molecule has 4 heteroatoms. The number of anilines is 2. The van der Waals surface area contributed by atoms with E-state index in [4.69, 9.17) is 4.52 Å². The van der Waals surface area contributed by atoms with Crippen LogP contribution in [0, 0.1) is 20.8 Å². The second-order valence-corrected chi connectivity index (χ2v) is 5.05. The molecule has 2 rings (SSSR count). The van der Waals surface area contributed by atoms with Gasteiger partial charge in [-0.3, -0.25) is 0 Å². The van der Waals surface area contributed by atoms with Crippen molar-refractivity contribution in [3.05, 3.63) is 40.8 Å². The van der Waals surface area contributed by atoms with Crippen LogP contribution in [-0.4, -0.2) is 19.3 Å². The van der Waals surface area contributed by atoms with E-state index in [9.17, 15) is 0 Å². The smallest absolute Gasteiger partial charge is 0.138 e. The van der Waals surface area contributed by atoms with Gasteiger partial charge in [0.05, 0.1) is 5.69 Å². The van der Waals surface area contributed by atoms with E-state index in [1.165, 1.54) is 11.3 Å². The lowest BCUT2D eigenvalue weighted by atomic mass is 10.1. The Morgan fingerprint density at radius 3 is 2.53 bits per heavy atom. The Bertz CT molecular complexity index is 553. The molecule has 19 heavy (non-hydrogen) atoms. The predicted molar refractivity (Wildman–Crippen MR) is 78.8 cm³/mol. The fourth-order valence-electron chi connectivity index (χ4n) is 2.15. The number of rotatable bonds is 4. The quantitative estimate of drug-likeness (QED) is 0.915. The van der Waals surface area contributed by atoms with Gasteiger partial charge in [0.25, 0.3) is 0 Å². The molecule has 0 fully saturated rings. The number of aryl methyl sites for hydroxylation is 3. The van der Waals surface area contributed by atoms with Crippen molar-refractivity contribution in [2.24, 2.45) is 0 Å². The highest BCUT2D eigenvalue weighted by Gasteiger charge is 2.09. The average molecular weight is 259 g/mol. The summed E-state index contributed by atoms with van der Waals surface area (Å²) in [5, 5.41) is 7.39. The van der Waals surface area contributed by atoms with Crippen LogP contribution < -0.4 is 10.2 Å². The summed E-state index contributed by atoms with van der Waals surface area (Å²) in [5.74, 6) is 0.880. The summed E-state index contributed by atoms with van der Waals surface area (Å²) in [6.45, 7) is 6.76. The van der Waals surface area contributed by atoms with Crippen LogP contribution in [0.3, 0.4) is 0 Å². The molecule has 0 amide bonds. The molecular weight excluding hydrogens is 238 g/mol. The lowest BCUT2D eigenvalue weighted by Crippen LogP contribution is -2.11. The molecule has 0 bridgehead atoms. The summed E-state index contributed by atoms with van der Waals surface area (Å²) in [4.78, 5) is 2.12. The first-order valence-electron chi connectivity index (χ1n) is 6.42. The number of hydrogen-bond donors (Lipinski definition) is 1. The molecule has 4 nitrogen and oxygen atoms in total. The van der Waals surface area contributed by atoms with Crippen LogP contribution in [0.2, 0.25) is 0 Å². The highest BCUT2D eigenvalue weighted by molar-refractivity contribution is 5.62. The van der Waals surface area contributed by atoms with Crippen LogP contribution in [0.4, 0.5) is 11.4 Å². The highest BCUT2D eigenvalue weighted by atomic mass is 16.5. The van der Waals surface area contributed by atoms with E-state index in [1.807, 2.05) is 13.8 Å². The van der Waals surface area contributed by atoms with Crippen molar-refractivity contribution in [3.63, 3.8) is 0 Å². The Balaban J connectivity index is 2.14. The van der Waals surface area contributed by atoms with Crippen molar-refractivity contribution in [2.45, 2.75) is 27.3 Å². The molecule has 0 unspecified atom stereocenters. The zero-order valence-electron chi connectivity index (χ0n) is 12.2. The van der Waals surface area contributed by atoms with E-state index in [-0.39, 0.29) is 0 Å². The SMILES string of the molecule is Cc1ccc(NCc2c(C)noc2C)cc1N(C)C. The number of hydrogen-bond acceptors (Lipinski definition) is 4. The predicted octanol–water partition coefficient (Wildman–Crippen LogP) is 3.28. The van der Waals surface area contributed by atoms with E-state index in [0.29, 0.717) is 0 Å². The fraction of sp³-hybridized carbons (Fsp3) is 0.400. The molecule has 0 aliphatic carbocycles. The molecule has 0 aliphatic rings. The van der Waals surface area contributed by atoms with Gasteiger partial charge < -0.3 is 14.7 Å². The number of aromatic nitrogens is 1. The van der Waals surface area contributed by atoms with Gasteiger partial charge in [-0.2, -0.15) is 0 Å². The van der Waals surface area contributed by atoms with Gasteiger partial charge in [0.15, 0.2) is 0 Å². The molecule has 1 heterocycles. The van der Waals surface area contributed by atoms with Gasteiger partial charge in [0, 0.05) is 37.6 Å². The second-order valence-electron chi connectivity index (χ2n) is 5.05. The normalized spacial score (nSPS) is 10.6. The molecule has 2 aromatic rings. The Morgan fingerprint density at radius 2 is 1.95 bits per heavy atom. The monoisotopic (exact) mass is 259 g/mol. The van der Waals surface area contributed by atoms with Crippen molar-refractivity contribution in [1.82, 2.24) is 5.16 Å². The lowest BCUT2D eigenvalue weighted by molar-refractivity contribution is 0.392. The third kappa shape index (κ3) is 2.89. The number of nitrogens with zero attached hydrogens (tertiary/aromatic N) is 2. The Kier molecular flexibility index (Phi) is 3.79. The van der Waals surface area contributed by atoms with Crippen molar-refractivity contribution in [3.8, 4) is 0 Å². The molecule has 1 aromatic carbocycles. The topological polar surface area (TPSA) is 41.3 Å². The van der Waals surface area contributed by atoms with Crippen LogP contribution in [0.5, 0.6) is 0 Å². The molecule has 0 spiro atoms. The van der Waals surface area contributed by atoms with Crippen molar-refractivity contribution < 1.29 is 4.52 Å². The molecule has 0 saturated carbocycles. The average Bonchev–Trinajstić information content (AvgIpc) is 2.68. The van der Waals surface area contributed by atoms with Gasteiger partial charge >= 0.3 is 0 Å². The van der Waals surface area contributed by atoms with Gasteiger partial charge in [-0.15, -0.1) is 0 Å². The van der Waals surface area contributed by atoms with Crippen LogP contribution in [0.25, 0.3) is 0 Å². The van der Waals surface area contributed by atoms with Crippen molar-refractivity contribution in [2.75, 3.05) is 24.3 Å². The van der Waals surface area contributed by atoms with Gasteiger partial charge in [-0.1, -0.05) is 11.2 Å². The molecule has 1 N–H and O–H groups in total. The van der Waals surface area contributed by atoms with Crippen molar-refractivity contribution >= 4 is 11.4 Å². The third-order valence-corrected chi connectivity index (χ3v) is 3.34. The lowest BCUT2D eigenvalue weighted by Gasteiger charge is -2.17. The maximum absolute atomic E-state index is 5.17. The Morgan fingerprint density at radius 1 is 1.21 bits per heavy atom. The molecule has 0 saturated heterocycles. The van der Waals surface area contributed by atoms with E-state index in [0.717, 1.165) is 29.2 Å². The highest BCUT2D eigenvalue weighted by Crippen LogP contribution is 2.23. The molecule has 0 atom stereocenters. The third-order valence-electron chi connectivity index (χ3n) is 3.34. The van der Waals surface area contributed by atoms with Crippen LogP contribution in [0.1, 0.15) is 22.6 Å². The van der Waals surface area contributed by atoms with E-state index < -0.39 is 0 Å². The zero-order valence-corrected chi connectivity index (χ0v) is 12.2. The first kappa shape index (κ1) is 13.5. The molecule has 0 radical (unpaired) electrons. The summed E-state index contributed by atoms with van der Waals surface area (Å²) in [6.07, 6.45) is 0. The molecular formula is C15H21N3O. The zero-order chi connectivity index (χ0) is 14.0. The van der Waals surface area contributed by atoms with Crippen LogP contribution >= 0.6 is 0 Å². The number of nitrogens with one attached hydrogen (secondary N) is 1. The van der Waals surface area contributed by atoms with Crippen LogP contribution in [0.15, 0.2) is 22.7 Å². The van der Waals surface area contributed by atoms with Gasteiger partial charge in [0.1, 0.15) is 5.76 Å². The summed E-state index contributed by atoms with van der Waals surface area (Å²) in [5.41, 5.74) is 5.68. The number of benzene rings is 1. The maximum Gasteiger partial charge on any atom is 0.138 e. The minimum atomic E-state index is 0.733. The summed E-state index contributed by atoms with van der Waals surface area (Å²) in [7, 11) is 4.11. The van der Waals surface area contributed by atoms with Gasteiger partial charge in [-0.05, 0) is 38.5 Å². The molecule has 0 aliphatic heterocycles. The van der Waals surface area contributed by atoms with E-state index >= 15 is 0 Å². The Labute approximate surface area is 114 Å². The largest absolute Gasteiger partial charge is 0.381 e. The van der Waals surface area contributed by atoms with E-state index in [2.05, 4.69) is 54.6 Å². The minimum Gasteiger partial charge on any atom is -0.381 e. The first-order chi connectivity index (χ1) is 8.99. The van der Waals surface area contributed by atoms with E-state index in [1.54, 1.807) is 0 Å². The summed E-state index contributed by atoms with van der Waals surface area (Å²) in [6, 6.07) is 6.39. The molecule has 1 aromatic heterocycles. The first-order valence-corrected chi connectivity index (χ1v) is 6.42. The summed E-state index contributed by atoms with van der Waals surface area (Å²) >= 11 is 0. The summed E-state index contributed by atoms with van der Waals surface area (Å²) < 4.78 is 5.17. The Hall–Kier alpha value is -1.97. The van der Waals surface area contributed by atoms with Crippen LogP contribution in [-0.2, 0) is 6.54 Å². The molecule has 102 valence electrons. The fourth-order valence-corrected chi connectivity index (χ4v) is 2.15. The van der Waals surface area contributed by atoms with Gasteiger partial charge in [-0.25, -0.2) is 0 Å². The van der Waals surface area contributed by atoms with Gasteiger partial charge in [0.2, 0.25) is 0 Å².